The summed E-state index contributed by atoms with van der Waals surface area (Å²) in [5.41, 5.74) is 1.96. The minimum absolute atomic E-state index is 0.00306. The molecule has 2 amide bonds. The molecular weight excluding hydrogens is 274 g/mol. The summed E-state index contributed by atoms with van der Waals surface area (Å²) in [6.45, 7) is 5.96. The van der Waals surface area contributed by atoms with E-state index in [-0.39, 0.29) is 12.1 Å². The lowest BCUT2D eigenvalue weighted by Gasteiger charge is -2.12. The molecule has 2 rings (SSSR count). The quantitative estimate of drug-likeness (QED) is 0.792. The molecule has 0 radical (unpaired) electrons. The van der Waals surface area contributed by atoms with Crippen LogP contribution in [0.15, 0.2) is 12.3 Å². The largest absolute Gasteiger partial charge is 0.335 e. The van der Waals surface area contributed by atoms with Gasteiger partial charge in [-0.2, -0.15) is 5.10 Å². The molecule has 108 valence electrons. The standard InChI is InChI=1S/C13H19N5OS/c1-4-11-7-14-13(20-11)16-12(19)15-8(2)5-10-6-9(3)17-18-10/h6-8H,4-5H2,1-3H3,(H,17,18)(H2,14,15,16,19)/t8-/m1/s1. The van der Waals surface area contributed by atoms with Crippen molar-refractivity contribution in [1.82, 2.24) is 20.5 Å². The fourth-order valence-electron chi connectivity index (χ4n) is 1.83. The number of rotatable bonds is 5. The molecule has 0 saturated carbocycles. The second kappa shape index (κ2) is 6.51. The van der Waals surface area contributed by atoms with E-state index in [1.54, 1.807) is 6.20 Å². The molecule has 7 heteroatoms. The van der Waals surface area contributed by atoms with Crippen molar-refractivity contribution in [2.24, 2.45) is 0 Å². The number of aromatic amines is 1. The number of nitrogens with one attached hydrogen (secondary N) is 3. The van der Waals surface area contributed by atoms with E-state index in [4.69, 9.17) is 0 Å². The molecule has 20 heavy (non-hydrogen) atoms. The Balaban J connectivity index is 1.81. The Hall–Kier alpha value is -1.89. The first-order valence-corrected chi connectivity index (χ1v) is 7.41. The number of thiazole rings is 1. The first-order chi connectivity index (χ1) is 9.56. The molecule has 0 aliphatic carbocycles. The predicted molar refractivity (Wildman–Crippen MR) is 80.1 cm³/mol. The van der Waals surface area contributed by atoms with Gasteiger partial charge in [0.25, 0.3) is 0 Å². The maximum absolute atomic E-state index is 11.8. The van der Waals surface area contributed by atoms with Crippen LogP contribution in [0.25, 0.3) is 0 Å². The zero-order valence-corrected chi connectivity index (χ0v) is 12.7. The summed E-state index contributed by atoms with van der Waals surface area (Å²) in [6.07, 6.45) is 3.40. The molecule has 2 heterocycles. The summed E-state index contributed by atoms with van der Waals surface area (Å²) in [5.74, 6) is 0. The summed E-state index contributed by atoms with van der Waals surface area (Å²) in [4.78, 5) is 17.1. The number of hydrogen-bond donors (Lipinski definition) is 3. The third-order valence-corrected chi connectivity index (χ3v) is 3.83. The molecule has 2 aromatic heterocycles. The number of hydrogen-bond acceptors (Lipinski definition) is 4. The van der Waals surface area contributed by atoms with Crippen LogP contribution in [0.2, 0.25) is 0 Å². The summed E-state index contributed by atoms with van der Waals surface area (Å²) in [5, 5.41) is 13.3. The molecule has 0 aliphatic heterocycles. The molecule has 0 aliphatic rings. The van der Waals surface area contributed by atoms with Crippen molar-refractivity contribution in [1.29, 1.82) is 0 Å². The number of H-pyrrole nitrogens is 1. The van der Waals surface area contributed by atoms with Crippen molar-refractivity contribution >= 4 is 22.5 Å². The summed E-state index contributed by atoms with van der Waals surface area (Å²) >= 11 is 1.50. The summed E-state index contributed by atoms with van der Waals surface area (Å²) in [6, 6.07) is 1.75. The minimum atomic E-state index is -0.234. The van der Waals surface area contributed by atoms with E-state index < -0.39 is 0 Å². The third-order valence-electron chi connectivity index (χ3n) is 2.77. The maximum Gasteiger partial charge on any atom is 0.321 e. The van der Waals surface area contributed by atoms with Crippen molar-refractivity contribution in [3.63, 3.8) is 0 Å². The van der Waals surface area contributed by atoms with Gasteiger partial charge >= 0.3 is 6.03 Å². The second-order valence-corrected chi connectivity index (χ2v) is 5.85. The van der Waals surface area contributed by atoms with Crippen molar-refractivity contribution in [2.75, 3.05) is 5.32 Å². The van der Waals surface area contributed by atoms with Crippen molar-refractivity contribution in [3.8, 4) is 0 Å². The predicted octanol–water partition coefficient (Wildman–Crippen LogP) is 2.49. The average Bonchev–Trinajstić information content (AvgIpc) is 2.98. The Morgan fingerprint density at radius 2 is 2.35 bits per heavy atom. The van der Waals surface area contributed by atoms with Gasteiger partial charge in [0.15, 0.2) is 5.13 Å². The fraction of sp³-hybridized carbons (Fsp3) is 0.462. The van der Waals surface area contributed by atoms with Crippen LogP contribution in [0.1, 0.15) is 30.1 Å². The topological polar surface area (TPSA) is 82.7 Å². The van der Waals surface area contributed by atoms with Crippen LogP contribution >= 0.6 is 11.3 Å². The maximum atomic E-state index is 11.8. The zero-order chi connectivity index (χ0) is 14.5. The van der Waals surface area contributed by atoms with E-state index in [2.05, 4.69) is 32.7 Å². The number of nitrogens with zero attached hydrogens (tertiary/aromatic N) is 2. The number of carbonyl (C=O) groups is 1. The number of anilines is 1. The van der Waals surface area contributed by atoms with Gasteiger partial charge in [-0.3, -0.25) is 10.4 Å². The second-order valence-electron chi connectivity index (χ2n) is 4.73. The van der Waals surface area contributed by atoms with Gasteiger partial charge < -0.3 is 5.32 Å². The highest BCUT2D eigenvalue weighted by Crippen LogP contribution is 2.18. The van der Waals surface area contributed by atoms with Gasteiger partial charge in [0.2, 0.25) is 0 Å². The Bertz CT molecular complexity index is 577. The van der Waals surface area contributed by atoms with Gasteiger partial charge in [-0.1, -0.05) is 6.92 Å². The highest BCUT2D eigenvalue weighted by atomic mass is 32.1. The minimum Gasteiger partial charge on any atom is -0.335 e. The van der Waals surface area contributed by atoms with Crippen molar-refractivity contribution in [3.05, 3.63) is 28.5 Å². The normalized spacial score (nSPS) is 12.2. The van der Waals surface area contributed by atoms with Gasteiger partial charge in [0, 0.05) is 29.2 Å². The fourth-order valence-corrected chi connectivity index (χ4v) is 2.58. The lowest BCUT2D eigenvalue weighted by molar-refractivity contribution is 0.249. The molecule has 1 atom stereocenters. The van der Waals surface area contributed by atoms with Crippen molar-refractivity contribution < 1.29 is 4.79 Å². The van der Waals surface area contributed by atoms with Crippen LogP contribution in [0.3, 0.4) is 0 Å². The smallest absolute Gasteiger partial charge is 0.321 e. The van der Waals surface area contributed by atoms with E-state index in [1.165, 1.54) is 11.3 Å². The number of aryl methyl sites for hydroxylation is 2. The van der Waals surface area contributed by atoms with E-state index in [1.807, 2.05) is 19.9 Å². The van der Waals surface area contributed by atoms with E-state index in [9.17, 15) is 4.79 Å². The lowest BCUT2D eigenvalue weighted by atomic mass is 10.2. The highest BCUT2D eigenvalue weighted by molar-refractivity contribution is 7.15. The van der Waals surface area contributed by atoms with E-state index in [0.29, 0.717) is 11.6 Å². The molecular formula is C13H19N5OS. The van der Waals surface area contributed by atoms with Gasteiger partial charge in [-0.15, -0.1) is 11.3 Å². The molecule has 0 aromatic carbocycles. The van der Waals surface area contributed by atoms with E-state index in [0.717, 1.165) is 22.7 Å². The average molecular weight is 293 g/mol. The van der Waals surface area contributed by atoms with Gasteiger partial charge in [0.05, 0.1) is 5.69 Å². The first kappa shape index (κ1) is 14.5. The van der Waals surface area contributed by atoms with Gasteiger partial charge in [-0.05, 0) is 26.3 Å². The number of aromatic nitrogens is 3. The number of carbonyl (C=O) groups excluding carboxylic acids is 1. The van der Waals surface area contributed by atoms with Crippen LogP contribution in [0, 0.1) is 6.92 Å². The number of amides is 2. The molecule has 0 fully saturated rings. The van der Waals surface area contributed by atoms with Crippen LogP contribution < -0.4 is 10.6 Å². The van der Waals surface area contributed by atoms with Gasteiger partial charge in [0.1, 0.15) is 0 Å². The van der Waals surface area contributed by atoms with Crippen LogP contribution in [-0.4, -0.2) is 27.3 Å². The molecule has 3 N–H and O–H groups in total. The van der Waals surface area contributed by atoms with Gasteiger partial charge in [-0.25, -0.2) is 9.78 Å². The monoisotopic (exact) mass is 293 g/mol. The van der Waals surface area contributed by atoms with E-state index >= 15 is 0 Å². The Morgan fingerprint density at radius 3 is 2.95 bits per heavy atom. The molecule has 0 bridgehead atoms. The highest BCUT2D eigenvalue weighted by Gasteiger charge is 2.11. The Kier molecular flexibility index (Phi) is 4.73. The molecule has 0 saturated heterocycles. The molecule has 6 nitrogen and oxygen atoms in total. The third kappa shape index (κ3) is 4.06. The lowest BCUT2D eigenvalue weighted by Crippen LogP contribution is -2.37. The number of urea groups is 1. The Labute approximate surface area is 122 Å². The van der Waals surface area contributed by atoms with Crippen LogP contribution in [-0.2, 0) is 12.8 Å². The zero-order valence-electron chi connectivity index (χ0n) is 11.9. The molecule has 0 spiro atoms. The first-order valence-electron chi connectivity index (χ1n) is 6.60. The SMILES string of the molecule is CCc1cnc(NC(=O)N[C@H](C)Cc2cc(C)[nH]n2)s1. The van der Waals surface area contributed by atoms with Crippen molar-refractivity contribution in [2.45, 2.75) is 39.7 Å². The summed E-state index contributed by atoms with van der Waals surface area (Å²) < 4.78 is 0. The summed E-state index contributed by atoms with van der Waals surface area (Å²) in [7, 11) is 0. The van der Waals surface area contributed by atoms with Crippen LogP contribution in [0.4, 0.5) is 9.93 Å². The molecule has 2 aromatic rings. The van der Waals surface area contributed by atoms with Crippen LogP contribution in [0.5, 0.6) is 0 Å². The Morgan fingerprint density at radius 1 is 1.55 bits per heavy atom. The molecule has 0 unspecified atom stereocenters.